The Labute approximate surface area is 89.1 Å². The molecule has 0 saturated heterocycles. The van der Waals surface area contributed by atoms with Gasteiger partial charge in [0.1, 0.15) is 17.1 Å². The van der Waals surface area contributed by atoms with Crippen molar-refractivity contribution in [3.05, 3.63) is 23.8 Å². The standard InChI is InChI=1S/C11H15NO3/c1-12(2)7-9(14)11-8(13)5-4-6-10(11)15-3/h4-6,13H,7H2,1-3H3. The molecule has 4 heteroatoms. The van der Waals surface area contributed by atoms with E-state index < -0.39 is 0 Å². The summed E-state index contributed by atoms with van der Waals surface area (Å²) >= 11 is 0. The molecular formula is C11H15NO3. The van der Waals surface area contributed by atoms with E-state index >= 15 is 0 Å². The number of likely N-dealkylation sites (N-methyl/N-ethyl adjacent to an activating group) is 1. The lowest BCUT2D eigenvalue weighted by Gasteiger charge is -2.12. The molecule has 0 amide bonds. The smallest absolute Gasteiger partial charge is 0.184 e. The summed E-state index contributed by atoms with van der Waals surface area (Å²) in [6.07, 6.45) is 0. The number of ketones is 1. The van der Waals surface area contributed by atoms with Gasteiger partial charge in [0, 0.05) is 0 Å². The molecule has 1 aromatic carbocycles. The first kappa shape index (κ1) is 11.5. The van der Waals surface area contributed by atoms with Crippen LogP contribution in [0, 0.1) is 0 Å². The normalized spacial score (nSPS) is 10.4. The number of Topliss-reactive ketones (excluding diaryl/α,β-unsaturated/α-hetero) is 1. The summed E-state index contributed by atoms with van der Waals surface area (Å²) in [4.78, 5) is 13.5. The maximum Gasteiger partial charge on any atom is 0.184 e. The molecule has 1 N–H and O–H groups in total. The van der Waals surface area contributed by atoms with Crippen LogP contribution < -0.4 is 4.74 Å². The van der Waals surface area contributed by atoms with E-state index in [4.69, 9.17) is 4.74 Å². The van der Waals surface area contributed by atoms with Gasteiger partial charge in [-0.2, -0.15) is 0 Å². The zero-order valence-electron chi connectivity index (χ0n) is 9.15. The number of phenolic OH excluding ortho intramolecular Hbond substituents is 1. The van der Waals surface area contributed by atoms with Crippen LogP contribution in [0.2, 0.25) is 0 Å². The molecular weight excluding hydrogens is 194 g/mol. The van der Waals surface area contributed by atoms with Crippen molar-refractivity contribution < 1.29 is 14.6 Å². The first-order valence-electron chi connectivity index (χ1n) is 4.60. The molecule has 15 heavy (non-hydrogen) atoms. The lowest BCUT2D eigenvalue weighted by Crippen LogP contribution is -2.22. The highest BCUT2D eigenvalue weighted by atomic mass is 16.5. The van der Waals surface area contributed by atoms with Crippen molar-refractivity contribution in [3.8, 4) is 11.5 Å². The average Bonchev–Trinajstić information content (AvgIpc) is 2.15. The summed E-state index contributed by atoms with van der Waals surface area (Å²) in [7, 11) is 5.07. The summed E-state index contributed by atoms with van der Waals surface area (Å²) in [6.45, 7) is 0.244. The largest absolute Gasteiger partial charge is 0.507 e. The van der Waals surface area contributed by atoms with Gasteiger partial charge in [0.25, 0.3) is 0 Å². The summed E-state index contributed by atoms with van der Waals surface area (Å²) in [6, 6.07) is 4.77. The van der Waals surface area contributed by atoms with Gasteiger partial charge in [0.2, 0.25) is 0 Å². The third-order valence-corrected chi connectivity index (χ3v) is 1.96. The van der Waals surface area contributed by atoms with Crippen molar-refractivity contribution in [1.82, 2.24) is 4.90 Å². The topological polar surface area (TPSA) is 49.8 Å². The van der Waals surface area contributed by atoms with Crippen molar-refractivity contribution in [2.75, 3.05) is 27.7 Å². The minimum absolute atomic E-state index is 0.0406. The number of methoxy groups -OCH3 is 1. The van der Waals surface area contributed by atoms with Crippen LogP contribution in [0.5, 0.6) is 11.5 Å². The zero-order valence-corrected chi connectivity index (χ0v) is 9.15. The molecule has 0 bridgehead atoms. The highest BCUT2D eigenvalue weighted by molar-refractivity contribution is 6.02. The van der Waals surface area contributed by atoms with Crippen LogP contribution in [0.15, 0.2) is 18.2 Å². The van der Waals surface area contributed by atoms with Crippen molar-refractivity contribution in [2.24, 2.45) is 0 Å². The van der Waals surface area contributed by atoms with Crippen LogP contribution in [0.3, 0.4) is 0 Å². The summed E-state index contributed by atoms with van der Waals surface area (Å²) < 4.78 is 5.03. The third kappa shape index (κ3) is 2.70. The van der Waals surface area contributed by atoms with E-state index in [-0.39, 0.29) is 23.6 Å². The first-order valence-corrected chi connectivity index (χ1v) is 4.60. The Morgan fingerprint density at radius 3 is 2.67 bits per heavy atom. The van der Waals surface area contributed by atoms with Gasteiger partial charge in [-0.1, -0.05) is 6.07 Å². The number of benzene rings is 1. The van der Waals surface area contributed by atoms with E-state index in [1.807, 2.05) is 0 Å². The molecule has 82 valence electrons. The number of ether oxygens (including phenoxy) is 1. The number of aromatic hydroxyl groups is 1. The molecule has 1 aromatic rings. The van der Waals surface area contributed by atoms with Gasteiger partial charge in [-0.25, -0.2) is 0 Å². The molecule has 0 atom stereocenters. The van der Waals surface area contributed by atoms with Gasteiger partial charge < -0.3 is 14.7 Å². The van der Waals surface area contributed by atoms with Crippen LogP contribution in [-0.4, -0.2) is 43.5 Å². The molecule has 0 aromatic heterocycles. The molecule has 0 radical (unpaired) electrons. The fraction of sp³-hybridized carbons (Fsp3) is 0.364. The predicted molar refractivity (Wildman–Crippen MR) is 57.5 cm³/mol. The highest BCUT2D eigenvalue weighted by Crippen LogP contribution is 2.27. The van der Waals surface area contributed by atoms with E-state index in [0.29, 0.717) is 5.75 Å². The molecule has 0 spiro atoms. The Morgan fingerprint density at radius 1 is 1.47 bits per heavy atom. The van der Waals surface area contributed by atoms with Crippen LogP contribution in [0.4, 0.5) is 0 Å². The fourth-order valence-electron chi connectivity index (χ4n) is 1.34. The van der Waals surface area contributed by atoms with Crippen LogP contribution in [0.25, 0.3) is 0 Å². The summed E-state index contributed by atoms with van der Waals surface area (Å²) in [5.41, 5.74) is 0.244. The Morgan fingerprint density at radius 2 is 2.13 bits per heavy atom. The number of hydrogen-bond acceptors (Lipinski definition) is 4. The maximum absolute atomic E-state index is 11.8. The number of carbonyl (C=O) groups excluding carboxylic acids is 1. The zero-order chi connectivity index (χ0) is 11.4. The van der Waals surface area contributed by atoms with Crippen LogP contribution in [0.1, 0.15) is 10.4 Å². The monoisotopic (exact) mass is 209 g/mol. The van der Waals surface area contributed by atoms with Gasteiger partial charge in [-0.05, 0) is 26.2 Å². The van der Waals surface area contributed by atoms with Crippen molar-refractivity contribution >= 4 is 5.78 Å². The van der Waals surface area contributed by atoms with Gasteiger partial charge in [0.15, 0.2) is 5.78 Å². The maximum atomic E-state index is 11.8. The van der Waals surface area contributed by atoms with E-state index in [1.165, 1.54) is 13.2 Å². The Bertz CT molecular complexity index is 361. The van der Waals surface area contributed by atoms with Crippen molar-refractivity contribution in [3.63, 3.8) is 0 Å². The summed E-state index contributed by atoms with van der Waals surface area (Å²) in [5.74, 6) is 0.206. The minimum atomic E-state index is -0.157. The Balaban J connectivity index is 3.06. The predicted octanol–water partition coefficient (Wildman–Crippen LogP) is 1.15. The van der Waals surface area contributed by atoms with Gasteiger partial charge in [-0.15, -0.1) is 0 Å². The first-order chi connectivity index (χ1) is 7.06. The number of hydrogen-bond donors (Lipinski definition) is 1. The van der Waals surface area contributed by atoms with E-state index in [2.05, 4.69) is 0 Å². The second-order valence-electron chi connectivity index (χ2n) is 3.52. The average molecular weight is 209 g/mol. The third-order valence-electron chi connectivity index (χ3n) is 1.96. The van der Waals surface area contributed by atoms with Gasteiger partial charge in [0.05, 0.1) is 13.7 Å². The number of nitrogens with zero attached hydrogens (tertiary/aromatic N) is 1. The Hall–Kier alpha value is -1.55. The molecule has 0 aliphatic heterocycles. The Kier molecular flexibility index (Phi) is 3.68. The lowest BCUT2D eigenvalue weighted by molar-refractivity contribution is 0.0952. The quantitative estimate of drug-likeness (QED) is 0.756. The molecule has 0 fully saturated rings. The number of phenols is 1. The second kappa shape index (κ2) is 4.79. The molecule has 1 rings (SSSR count). The summed E-state index contributed by atoms with van der Waals surface area (Å²) in [5, 5.41) is 9.59. The lowest BCUT2D eigenvalue weighted by atomic mass is 10.1. The molecule has 0 aliphatic rings. The number of rotatable bonds is 4. The van der Waals surface area contributed by atoms with Crippen molar-refractivity contribution in [1.29, 1.82) is 0 Å². The van der Waals surface area contributed by atoms with Gasteiger partial charge >= 0.3 is 0 Å². The minimum Gasteiger partial charge on any atom is -0.507 e. The molecule has 0 saturated carbocycles. The second-order valence-corrected chi connectivity index (χ2v) is 3.52. The van der Waals surface area contributed by atoms with Crippen LogP contribution >= 0.6 is 0 Å². The number of carbonyl (C=O) groups is 1. The van der Waals surface area contributed by atoms with E-state index in [9.17, 15) is 9.90 Å². The SMILES string of the molecule is COc1cccc(O)c1C(=O)CN(C)C. The van der Waals surface area contributed by atoms with Gasteiger partial charge in [-0.3, -0.25) is 4.79 Å². The molecule has 0 aliphatic carbocycles. The van der Waals surface area contributed by atoms with E-state index in [1.54, 1.807) is 31.1 Å². The molecule has 0 unspecified atom stereocenters. The molecule has 0 heterocycles. The highest BCUT2D eigenvalue weighted by Gasteiger charge is 2.17. The van der Waals surface area contributed by atoms with E-state index in [0.717, 1.165) is 0 Å². The molecule has 4 nitrogen and oxygen atoms in total. The van der Waals surface area contributed by atoms with Crippen LogP contribution in [-0.2, 0) is 0 Å². The fourth-order valence-corrected chi connectivity index (χ4v) is 1.34. The van der Waals surface area contributed by atoms with Crippen molar-refractivity contribution in [2.45, 2.75) is 0 Å².